The molecule has 4 aromatic heterocycles. The number of fused-ring (bicyclic) bond motifs is 2. The van der Waals surface area contributed by atoms with Crippen LogP contribution in [-0.2, 0) is 13.0 Å². The average Bonchev–Trinajstić information content (AvgIpc) is 3.49. The average molecular weight is 483 g/mol. The van der Waals surface area contributed by atoms with E-state index in [2.05, 4.69) is 30.2 Å². The van der Waals surface area contributed by atoms with E-state index in [1.165, 1.54) is 6.42 Å². The van der Waals surface area contributed by atoms with Crippen LogP contribution in [0.3, 0.4) is 0 Å². The number of hydrogen-bond donors (Lipinski definition) is 1. The van der Waals surface area contributed by atoms with E-state index in [1.807, 2.05) is 44.2 Å². The number of carbonyl (C=O) groups is 1. The number of aromatic nitrogens is 5. The molecular weight excluding hydrogens is 456 g/mol. The van der Waals surface area contributed by atoms with E-state index in [4.69, 9.17) is 8.94 Å². The molecule has 1 aromatic carbocycles. The van der Waals surface area contributed by atoms with Gasteiger partial charge >= 0.3 is 0 Å². The molecular formula is C27H26N6O3. The predicted molar refractivity (Wildman–Crippen MR) is 135 cm³/mol. The smallest absolute Gasteiger partial charge is 0.259 e. The minimum atomic E-state index is -0.273. The molecule has 5 heterocycles. The molecule has 6 rings (SSSR count). The van der Waals surface area contributed by atoms with Crippen molar-refractivity contribution in [2.75, 3.05) is 5.32 Å². The van der Waals surface area contributed by atoms with Gasteiger partial charge < -0.3 is 18.8 Å². The van der Waals surface area contributed by atoms with Crippen LogP contribution < -0.4 is 5.32 Å². The van der Waals surface area contributed by atoms with Gasteiger partial charge in [-0.05, 0) is 57.9 Å². The van der Waals surface area contributed by atoms with Crippen molar-refractivity contribution in [2.45, 2.75) is 53.0 Å². The van der Waals surface area contributed by atoms with Gasteiger partial charge in [0, 0.05) is 29.8 Å². The van der Waals surface area contributed by atoms with Crippen molar-refractivity contribution in [1.29, 1.82) is 0 Å². The summed E-state index contributed by atoms with van der Waals surface area (Å²) in [6, 6.07) is 11.4. The molecule has 0 saturated carbocycles. The van der Waals surface area contributed by atoms with Crippen LogP contribution >= 0.6 is 0 Å². The van der Waals surface area contributed by atoms with Gasteiger partial charge in [0.05, 0.1) is 22.3 Å². The summed E-state index contributed by atoms with van der Waals surface area (Å²) in [5.41, 5.74) is 4.35. The molecule has 5 aromatic rings. The number of rotatable bonds is 4. The maximum atomic E-state index is 13.6. The van der Waals surface area contributed by atoms with Crippen molar-refractivity contribution in [3.05, 3.63) is 65.0 Å². The fourth-order valence-corrected chi connectivity index (χ4v) is 4.93. The highest BCUT2D eigenvalue weighted by Crippen LogP contribution is 2.31. The lowest BCUT2D eigenvalue weighted by molar-refractivity contribution is 0.102. The second kappa shape index (κ2) is 8.75. The SMILES string of the molecule is Cc1cc(-c2cc(C(=O)Nc3cccc(-c4nnc5n4CCCCC5)c3)c3c(C)noc3n2)c(C)o1. The lowest BCUT2D eigenvalue weighted by Crippen LogP contribution is -2.13. The molecule has 9 nitrogen and oxygen atoms in total. The normalized spacial score (nSPS) is 13.5. The first-order chi connectivity index (χ1) is 17.5. The number of hydrogen-bond acceptors (Lipinski definition) is 7. The Morgan fingerprint density at radius 1 is 1.06 bits per heavy atom. The molecule has 0 saturated heterocycles. The first-order valence-corrected chi connectivity index (χ1v) is 12.2. The predicted octanol–water partition coefficient (Wildman–Crippen LogP) is 5.65. The van der Waals surface area contributed by atoms with Crippen LogP contribution in [0.4, 0.5) is 5.69 Å². The van der Waals surface area contributed by atoms with E-state index in [9.17, 15) is 4.79 Å². The van der Waals surface area contributed by atoms with Crippen LogP contribution in [0.15, 0.2) is 45.3 Å². The zero-order chi connectivity index (χ0) is 24.8. The third-order valence-corrected chi connectivity index (χ3v) is 6.67. The van der Waals surface area contributed by atoms with E-state index in [1.54, 1.807) is 13.0 Å². The minimum Gasteiger partial charge on any atom is -0.466 e. The van der Waals surface area contributed by atoms with Gasteiger partial charge in [-0.15, -0.1) is 10.2 Å². The van der Waals surface area contributed by atoms with Crippen molar-refractivity contribution in [3.8, 4) is 22.6 Å². The molecule has 0 aliphatic carbocycles. The first kappa shape index (κ1) is 22.2. The van der Waals surface area contributed by atoms with Crippen LogP contribution in [0.2, 0.25) is 0 Å². The Morgan fingerprint density at radius 3 is 2.78 bits per heavy atom. The number of benzene rings is 1. The number of nitrogens with zero attached hydrogens (tertiary/aromatic N) is 5. The summed E-state index contributed by atoms with van der Waals surface area (Å²) >= 11 is 0. The Balaban J connectivity index is 1.36. The molecule has 0 bridgehead atoms. The van der Waals surface area contributed by atoms with E-state index < -0.39 is 0 Å². The zero-order valence-electron chi connectivity index (χ0n) is 20.5. The molecule has 0 atom stereocenters. The van der Waals surface area contributed by atoms with E-state index >= 15 is 0 Å². The van der Waals surface area contributed by atoms with E-state index in [0.717, 1.165) is 60.1 Å². The summed E-state index contributed by atoms with van der Waals surface area (Å²) in [5, 5.41) is 16.5. The monoisotopic (exact) mass is 482 g/mol. The highest BCUT2D eigenvalue weighted by Gasteiger charge is 2.22. The molecule has 0 radical (unpaired) electrons. The van der Waals surface area contributed by atoms with Crippen molar-refractivity contribution in [3.63, 3.8) is 0 Å². The Labute approximate surface area is 207 Å². The number of anilines is 1. The van der Waals surface area contributed by atoms with Crippen molar-refractivity contribution >= 4 is 22.7 Å². The van der Waals surface area contributed by atoms with Crippen LogP contribution in [0.25, 0.3) is 33.7 Å². The standard InChI is InChI=1S/C27H26N6O3/c1-15-12-20(17(3)35-15)22-14-21(24-16(2)32-36-27(24)29-22)26(34)28-19-9-7-8-18(13-19)25-31-30-23-10-5-4-6-11-33(23)25/h7-9,12-14H,4-6,10-11H2,1-3H3,(H,28,34). The number of aryl methyl sites for hydroxylation is 4. The molecule has 0 fully saturated rings. The topological polar surface area (TPSA) is 112 Å². The van der Waals surface area contributed by atoms with Gasteiger partial charge in [-0.2, -0.15) is 0 Å². The minimum absolute atomic E-state index is 0.273. The van der Waals surface area contributed by atoms with Crippen LogP contribution in [-0.4, -0.2) is 30.8 Å². The summed E-state index contributed by atoms with van der Waals surface area (Å²) in [4.78, 5) is 18.2. The number of amides is 1. The van der Waals surface area contributed by atoms with Crippen molar-refractivity contribution < 1.29 is 13.7 Å². The van der Waals surface area contributed by atoms with Crippen molar-refractivity contribution in [2.24, 2.45) is 0 Å². The highest BCUT2D eigenvalue weighted by atomic mass is 16.5. The molecule has 0 unspecified atom stereocenters. The molecule has 1 N–H and O–H groups in total. The molecule has 182 valence electrons. The van der Waals surface area contributed by atoms with Crippen LogP contribution in [0, 0.1) is 20.8 Å². The van der Waals surface area contributed by atoms with E-state index in [0.29, 0.717) is 33.7 Å². The quantitative estimate of drug-likeness (QED) is 0.352. The second-order valence-electron chi connectivity index (χ2n) is 9.27. The third kappa shape index (κ3) is 3.86. The largest absolute Gasteiger partial charge is 0.466 e. The lowest BCUT2D eigenvalue weighted by Gasteiger charge is -2.10. The number of carbonyl (C=O) groups excluding carboxylic acids is 1. The summed E-state index contributed by atoms with van der Waals surface area (Å²) < 4.78 is 13.3. The Kier molecular flexibility index (Phi) is 5.40. The fraction of sp³-hybridized carbons (Fsp3) is 0.296. The van der Waals surface area contributed by atoms with Gasteiger partial charge in [-0.3, -0.25) is 4.79 Å². The Hall–Kier alpha value is -4.27. The highest BCUT2D eigenvalue weighted by molar-refractivity contribution is 6.13. The maximum absolute atomic E-state index is 13.6. The molecule has 36 heavy (non-hydrogen) atoms. The van der Waals surface area contributed by atoms with Gasteiger partial charge in [0.15, 0.2) is 5.82 Å². The lowest BCUT2D eigenvalue weighted by atomic mass is 10.0. The second-order valence-corrected chi connectivity index (χ2v) is 9.27. The Bertz CT molecular complexity index is 1610. The molecule has 1 aliphatic heterocycles. The Morgan fingerprint density at radius 2 is 1.94 bits per heavy atom. The van der Waals surface area contributed by atoms with Crippen molar-refractivity contribution in [1.82, 2.24) is 24.9 Å². The van der Waals surface area contributed by atoms with Gasteiger partial charge in [-0.1, -0.05) is 23.7 Å². The van der Waals surface area contributed by atoms with Gasteiger partial charge in [0.2, 0.25) is 0 Å². The molecule has 0 spiro atoms. The summed E-state index contributed by atoms with van der Waals surface area (Å²) in [6.07, 6.45) is 4.39. The maximum Gasteiger partial charge on any atom is 0.259 e. The van der Waals surface area contributed by atoms with Crippen LogP contribution in [0.5, 0.6) is 0 Å². The molecule has 9 heteroatoms. The number of pyridine rings is 1. The zero-order valence-corrected chi connectivity index (χ0v) is 20.5. The summed E-state index contributed by atoms with van der Waals surface area (Å²) in [7, 11) is 0. The molecule has 1 aliphatic rings. The first-order valence-electron chi connectivity index (χ1n) is 12.2. The summed E-state index contributed by atoms with van der Waals surface area (Å²) in [5.74, 6) is 3.08. The van der Waals surface area contributed by atoms with Crippen LogP contribution in [0.1, 0.15) is 52.7 Å². The number of nitrogens with one attached hydrogen (secondary N) is 1. The third-order valence-electron chi connectivity index (χ3n) is 6.67. The van der Waals surface area contributed by atoms with Gasteiger partial charge in [0.25, 0.3) is 11.6 Å². The molecule has 1 amide bonds. The van der Waals surface area contributed by atoms with Gasteiger partial charge in [0.1, 0.15) is 17.3 Å². The van der Waals surface area contributed by atoms with Gasteiger partial charge in [-0.25, -0.2) is 4.98 Å². The fourth-order valence-electron chi connectivity index (χ4n) is 4.93. The summed E-state index contributed by atoms with van der Waals surface area (Å²) in [6.45, 7) is 6.46. The van der Waals surface area contributed by atoms with E-state index in [-0.39, 0.29) is 5.91 Å². The number of furan rings is 1.